The number of fused-ring (bicyclic) bond motifs is 1. The van der Waals surface area contributed by atoms with Crippen LogP contribution >= 0.6 is 11.8 Å². The van der Waals surface area contributed by atoms with Gasteiger partial charge in [-0.05, 0) is 48.9 Å². The molecule has 0 aliphatic carbocycles. The number of benzene rings is 1. The monoisotopic (exact) mass is 207 g/mol. The van der Waals surface area contributed by atoms with Gasteiger partial charge in [-0.3, -0.25) is 4.79 Å². The highest BCUT2D eigenvalue weighted by Crippen LogP contribution is 2.33. The Kier molecular flexibility index (Phi) is 2.50. The van der Waals surface area contributed by atoms with Crippen LogP contribution in [0.2, 0.25) is 0 Å². The minimum Gasteiger partial charge on any atom is -0.384 e. The molecule has 2 nitrogen and oxygen atoms in total. The third kappa shape index (κ3) is 1.77. The average Bonchev–Trinajstić information content (AvgIpc) is 2.28. The molecule has 0 spiro atoms. The number of nitrogens with one attached hydrogen (secondary N) is 1. The molecule has 0 atom stereocenters. The number of hydrogen-bond donors (Lipinski definition) is 1. The number of hydrogen-bond acceptors (Lipinski definition) is 3. The van der Waals surface area contributed by atoms with Gasteiger partial charge < -0.3 is 5.32 Å². The van der Waals surface area contributed by atoms with E-state index in [0.29, 0.717) is 6.42 Å². The van der Waals surface area contributed by atoms with E-state index >= 15 is 0 Å². The summed E-state index contributed by atoms with van der Waals surface area (Å²) in [5, 5.41) is 3.53. The topological polar surface area (TPSA) is 29.1 Å². The largest absolute Gasteiger partial charge is 0.384 e. The third-order valence-corrected chi connectivity index (χ3v) is 3.45. The van der Waals surface area contributed by atoms with Gasteiger partial charge >= 0.3 is 0 Å². The van der Waals surface area contributed by atoms with E-state index in [1.165, 1.54) is 22.9 Å². The standard InChI is InChI=1S/C11H13NOS/c1-7-5-9-10(6-8(7)2)14-11(13)3-4-12-9/h5-6,12H,3-4H2,1-2H3. The number of carbonyl (C=O) groups excluding carboxylic acids is 1. The Balaban J connectivity index is 2.46. The minimum absolute atomic E-state index is 0.250. The third-order valence-electron chi connectivity index (χ3n) is 2.46. The van der Waals surface area contributed by atoms with Gasteiger partial charge in [0, 0.05) is 23.5 Å². The normalized spacial score (nSPS) is 15.7. The van der Waals surface area contributed by atoms with E-state index in [0.717, 1.165) is 17.1 Å². The van der Waals surface area contributed by atoms with Crippen molar-refractivity contribution >= 4 is 22.6 Å². The van der Waals surface area contributed by atoms with Gasteiger partial charge in [0.15, 0.2) is 5.12 Å². The van der Waals surface area contributed by atoms with Crippen molar-refractivity contribution in [2.45, 2.75) is 25.2 Å². The summed E-state index contributed by atoms with van der Waals surface area (Å²) in [6, 6.07) is 4.21. The Labute approximate surface area is 88.1 Å². The maximum absolute atomic E-state index is 11.4. The highest BCUT2D eigenvalue weighted by Gasteiger charge is 2.14. The maximum atomic E-state index is 11.4. The van der Waals surface area contributed by atoms with Crippen molar-refractivity contribution in [3.63, 3.8) is 0 Å². The Bertz CT molecular complexity index is 387. The second kappa shape index (κ2) is 3.65. The molecule has 0 aromatic heterocycles. The minimum atomic E-state index is 0.250. The Morgan fingerprint density at radius 1 is 1.29 bits per heavy atom. The Hall–Kier alpha value is -0.960. The van der Waals surface area contributed by atoms with Gasteiger partial charge in [-0.15, -0.1) is 0 Å². The molecule has 0 bridgehead atoms. The van der Waals surface area contributed by atoms with Crippen molar-refractivity contribution < 1.29 is 4.79 Å². The average molecular weight is 207 g/mol. The molecule has 74 valence electrons. The van der Waals surface area contributed by atoms with E-state index in [1.807, 2.05) is 0 Å². The summed E-state index contributed by atoms with van der Waals surface area (Å²) in [7, 11) is 0. The Morgan fingerprint density at radius 3 is 2.79 bits per heavy atom. The van der Waals surface area contributed by atoms with Crippen LogP contribution in [-0.4, -0.2) is 11.7 Å². The van der Waals surface area contributed by atoms with Crippen LogP contribution in [0.4, 0.5) is 5.69 Å². The second-order valence-corrected chi connectivity index (χ2v) is 4.68. The van der Waals surface area contributed by atoms with Crippen molar-refractivity contribution in [3.8, 4) is 0 Å². The van der Waals surface area contributed by atoms with E-state index in [-0.39, 0.29) is 5.12 Å². The fraction of sp³-hybridized carbons (Fsp3) is 0.364. The van der Waals surface area contributed by atoms with Crippen LogP contribution in [0.25, 0.3) is 0 Å². The number of aryl methyl sites for hydroxylation is 2. The summed E-state index contributed by atoms with van der Waals surface area (Å²) >= 11 is 1.35. The van der Waals surface area contributed by atoms with Crippen LogP contribution in [-0.2, 0) is 4.79 Å². The number of anilines is 1. The van der Waals surface area contributed by atoms with Crippen LogP contribution in [0.3, 0.4) is 0 Å². The predicted octanol–water partition coefficient (Wildman–Crippen LogP) is 2.74. The maximum Gasteiger partial charge on any atom is 0.195 e. The molecule has 0 unspecified atom stereocenters. The molecule has 0 radical (unpaired) electrons. The van der Waals surface area contributed by atoms with Gasteiger partial charge in [0.1, 0.15) is 0 Å². The van der Waals surface area contributed by atoms with E-state index in [1.54, 1.807) is 0 Å². The zero-order chi connectivity index (χ0) is 10.1. The van der Waals surface area contributed by atoms with Crippen LogP contribution in [0.5, 0.6) is 0 Å². The van der Waals surface area contributed by atoms with Crippen LogP contribution in [0, 0.1) is 13.8 Å². The van der Waals surface area contributed by atoms with Crippen molar-refractivity contribution in [2.75, 3.05) is 11.9 Å². The summed E-state index contributed by atoms with van der Waals surface area (Å²) in [4.78, 5) is 12.4. The fourth-order valence-electron chi connectivity index (χ4n) is 1.49. The highest BCUT2D eigenvalue weighted by molar-refractivity contribution is 8.13. The number of rotatable bonds is 0. The SMILES string of the molecule is Cc1cc2c(cc1C)SC(=O)CCN2. The lowest BCUT2D eigenvalue weighted by Gasteiger charge is -2.09. The van der Waals surface area contributed by atoms with E-state index in [9.17, 15) is 4.79 Å². The van der Waals surface area contributed by atoms with Gasteiger partial charge in [0.25, 0.3) is 0 Å². The van der Waals surface area contributed by atoms with Gasteiger partial charge in [0.2, 0.25) is 0 Å². The van der Waals surface area contributed by atoms with Gasteiger partial charge in [0.05, 0.1) is 0 Å². The van der Waals surface area contributed by atoms with Crippen molar-refractivity contribution in [1.82, 2.24) is 0 Å². The molecule has 1 aromatic rings. The van der Waals surface area contributed by atoms with E-state index in [2.05, 4.69) is 31.3 Å². The molecule has 1 heterocycles. The van der Waals surface area contributed by atoms with Gasteiger partial charge in [-0.2, -0.15) is 0 Å². The molecule has 1 aliphatic rings. The van der Waals surface area contributed by atoms with E-state index < -0.39 is 0 Å². The molecule has 0 saturated heterocycles. The molecule has 1 aliphatic heterocycles. The Morgan fingerprint density at radius 2 is 2.00 bits per heavy atom. The smallest absolute Gasteiger partial charge is 0.195 e. The lowest BCUT2D eigenvalue weighted by molar-refractivity contribution is -0.110. The van der Waals surface area contributed by atoms with E-state index in [4.69, 9.17) is 0 Å². The summed E-state index contributed by atoms with van der Waals surface area (Å²) < 4.78 is 0. The van der Waals surface area contributed by atoms with Crippen LogP contribution < -0.4 is 5.32 Å². The first-order chi connectivity index (χ1) is 6.66. The zero-order valence-electron chi connectivity index (χ0n) is 8.39. The molecule has 0 saturated carbocycles. The molecule has 0 amide bonds. The van der Waals surface area contributed by atoms with Crippen molar-refractivity contribution in [1.29, 1.82) is 0 Å². The fourth-order valence-corrected chi connectivity index (χ4v) is 2.41. The molecule has 1 aromatic carbocycles. The van der Waals surface area contributed by atoms with Crippen LogP contribution in [0.15, 0.2) is 17.0 Å². The first-order valence-corrected chi connectivity index (χ1v) is 5.54. The van der Waals surface area contributed by atoms with Crippen molar-refractivity contribution in [3.05, 3.63) is 23.3 Å². The first-order valence-electron chi connectivity index (χ1n) is 4.72. The first kappa shape index (κ1) is 9.59. The molecular weight excluding hydrogens is 194 g/mol. The molecular formula is C11H13NOS. The number of carbonyl (C=O) groups is 1. The summed E-state index contributed by atoms with van der Waals surface area (Å²) in [6.45, 7) is 4.92. The molecule has 3 heteroatoms. The second-order valence-electron chi connectivity index (χ2n) is 3.58. The summed E-state index contributed by atoms with van der Waals surface area (Å²) in [5.41, 5.74) is 3.61. The van der Waals surface area contributed by atoms with Gasteiger partial charge in [-0.25, -0.2) is 0 Å². The summed E-state index contributed by atoms with van der Waals surface area (Å²) in [5.74, 6) is 0. The van der Waals surface area contributed by atoms with Crippen LogP contribution in [0.1, 0.15) is 17.5 Å². The van der Waals surface area contributed by atoms with Gasteiger partial charge in [-0.1, -0.05) is 0 Å². The lowest BCUT2D eigenvalue weighted by atomic mass is 10.1. The molecule has 14 heavy (non-hydrogen) atoms. The highest BCUT2D eigenvalue weighted by atomic mass is 32.2. The van der Waals surface area contributed by atoms with Crippen molar-refractivity contribution in [2.24, 2.45) is 0 Å². The summed E-state index contributed by atoms with van der Waals surface area (Å²) in [6.07, 6.45) is 0.609. The molecule has 0 fully saturated rings. The molecule has 1 N–H and O–H groups in total. The predicted molar refractivity (Wildman–Crippen MR) is 59.9 cm³/mol. The lowest BCUT2D eigenvalue weighted by Crippen LogP contribution is -2.02. The quantitative estimate of drug-likeness (QED) is 0.709. The number of thioether (sulfide) groups is 1. The molecule has 2 rings (SSSR count). The zero-order valence-corrected chi connectivity index (χ0v) is 9.20.